The van der Waals surface area contributed by atoms with Crippen molar-refractivity contribution in [3.05, 3.63) is 57.2 Å². The highest BCUT2D eigenvalue weighted by Crippen LogP contribution is 2.25. The number of hydrogen-bond acceptors (Lipinski definition) is 3. The summed E-state index contributed by atoms with van der Waals surface area (Å²) in [7, 11) is 1.89. The molecule has 1 aromatic carbocycles. The van der Waals surface area contributed by atoms with Crippen molar-refractivity contribution in [3.63, 3.8) is 0 Å². The fourth-order valence-electron chi connectivity index (χ4n) is 2.11. The van der Waals surface area contributed by atoms with Crippen LogP contribution in [0.1, 0.15) is 30.0 Å². The van der Waals surface area contributed by atoms with Crippen molar-refractivity contribution >= 4 is 28.8 Å². The molecule has 2 N–H and O–H groups in total. The van der Waals surface area contributed by atoms with E-state index in [1.165, 1.54) is 0 Å². The zero-order valence-corrected chi connectivity index (χ0v) is 13.5. The highest BCUT2D eigenvalue weighted by Gasteiger charge is 2.17. The van der Waals surface area contributed by atoms with E-state index in [-0.39, 0.29) is 11.9 Å². The van der Waals surface area contributed by atoms with E-state index in [1.807, 2.05) is 42.8 Å². The number of amides is 1. The van der Waals surface area contributed by atoms with Gasteiger partial charge in [-0.05, 0) is 60.1 Å². The molecule has 1 aromatic heterocycles. The lowest BCUT2D eigenvalue weighted by atomic mass is 10.0. The van der Waals surface area contributed by atoms with Gasteiger partial charge in [0, 0.05) is 11.4 Å². The standard InChI is InChI=1S/C16H19ClN2OS/c1-18-9-2-3-15(20)19-16(13-8-10-21-11-13)12-4-6-14(17)7-5-12/h4-8,10-11,16,18H,2-3,9H2,1H3,(H,19,20). The Hall–Kier alpha value is -1.36. The van der Waals surface area contributed by atoms with Gasteiger partial charge in [0.15, 0.2) is 0 Å². The van der Waals surface area contributed by atoms with Crippen molar-refractivity contribution in [1.82, 2.24) is 10.6 Å². The third-order valence-corrected chi connectivity index (χ3v) is 4.17. The Morgan fingerprint density at radius 3 is 2.62 bits per heavy atom. The number of hydrogen-bond donors (Lipinski definition) is 2. The lowest BCUT2D eigenvalue weighted by Gasteiger charge is -2.18. The van der Waals surface area contributed by atoms with Crippen LogP contribution in [0.2, 0.25) is 5.02 Å². The molecule has 0 aliphatic carbocycles. The quantitative estimate of drug-likeness (QED) is 0.765. The van der Waals surface area contributed by atoms with E-state index in [2.05, 4.69) is 16.0 Å². The summed E-state index contributed by atoms with van der Waals surface area (Å²) in [6.45, 7) is 0.845. The van der Waals surface area contributed by atoms with Crippen LogP contribution in [0, 0.1) is 0 Å². The molecule has 5 heteroatoms. The first-order valence-electron chi connectivity index (χ1n) is 6.92. The molecule has 112 valence electrons. The molecule has 0 saturated heterocycles. The largest absolute Gasteiger partial charge is 0.345 e. The highest BCUT2D eigenvalue weighted by molar-refractivity contribution is 7.08. The fraction of sp³-hybridized carbons (Fsp3) is 0.312. The van der Waals surface area contributed by atoms with Gasteiger partial charge >= 0.3 is 0 Å². The Labute approximate surface area is 134 Å². The van der Waals surface area contributed by atoms with E-state index >= 15 is 0 Å². The van der Waals surface area contributed by atoms with Gasteiger partial charge in [-0.3, -0.25) is 4.79 Å². The summed E-state index contributed by atoms with van der Waals surface area (Å²) in [5, 5.41) is 10.9. The summed E-state index contributed by atoms with van der Waals surface area (Å²) in [6.07, 6.45) is 1.36. The number of carbonyl (C=O) groups is 1. The summed E-state index contributed by atoms with van der Waals surface area (Å²) >= 11 is 7.57. The topological polar surface area (TPSA) is 41.1 Å². The van der Waals surface area contributed by atoms with Crippen molar-refractivity contribution in [1.29, 1.82) is 0 Å². The summed E-state index contributed by atoms with van der Waals surface area (Å²) in [5.41, 5.74) is 2.14. The molecule has 21 heavy (non-hydrogen) atoms. The average molecular weight is 323 g/mol. The van der Waals surface area contributed by atoms with E-state index in [9.17, 15) is 4.79 Å². The first kappa shape index (κ1) is 16.0. The number of rotatable bonds is 7. The maximum Gasteiger partial charge on any atom is 0.220 e. The van der Waals surface area contributed by atoms with Crippen molar-refractivity contribution in [2.24, 2.45) is 0 Å². The maximum absolute atomic E-state index is 12.1. The fourth-order valence-corrected chi connectivity index (χ4v) is 2.92. The minimum Gasteiger partial charge on any atom is -0.345 e. The second-order valence-corrected chi connectivity index (χ2v) is 6.03. The van der Waals surface area contributed by atoms with Gasteiger partial charge in [-0.2, -0.15) is 11.3 Å². The normalized spacial score (nSPS) is 12.1. The third kappa shape index (κ3) is 4.84. The molecule has 1 amide bonds. The van der Waals surface area contributed by atoms with Gasteiger partial charge < -0.3 is 10.6 Å². The van der Waals surface area contributed by atoms with Gasteiger partial charge in [0.2, 0.25) is 5.91 Å². The number of thiophene rings is 1. The predicted octanol–water partition coefficient (Wildman–Crippen LogP) is 3.61. The highest BCUT2D eigenvalue weighted by atomic mass is 35.5. The molecule has 2 rings (SSSR count). The van der Waals surface area contributed by atoms with Crippen molar-refractivity contribution < 1.29 is 4.79 Å². The van der Waals surface area contributed by atoms with Gasteiger partial charge in [0.05, 0.1) is 6.04 Å². The number of nitrogens with one attached hydrogen (secondary N) is 2. The monoisotopic (exact) mass is 322 g/mol. The lowest BCUT2D eigenvalue weighted by Crippen LogP contribution is -2.29. The Kier molecular flexibility index (Phi) is 6.23. The molecule has 1 unspecified atom stereocenters. The molecule has 0 spiro atoms. The zero-order chi connectivity index (χ0) is 15.1. The summed E-state index contributed by atoms with van der Waals surface area (Å²) in [4.78, 5) is 12.1. The van der Waals surface area contributed by atoms with Crippen LogP contribution in [-0.2, 0) is 4.79 Å². The van der Waals surface area contributed by atoms with Crippen molar-refractivity contribution in [2.45, 2.75) is 18.9 Å². The Morgan fingerprint density at radius 2 is 2.00 bits per heavy atom. The van der Waals surface area contributed by atoms with Crippen LogP contribution >= 0.6 is 22.9 Å². The smallest absolute Gasteiger partial charge is 0.220 e. The number of carbonyl (C=O) groups excluding carboxylic acids is 1. The van der Waals surface area contributed by atoms with E-state index in [1.54, 1.807) is 11.3 Å². The SMILES string of the molecule is CNCCCC(=O)NC(c1ccc(Cl)cc1)c1ccsc1. The van der Waals surface area contributed by atoms with Gasteiger partial charge in [-0.25, -0.2) is 0 Å². The van der Waals surface area contributed by atoms with Crippen molar-refractivity contribution in [2.75, 3.05) is 13.6 Å². The Bertz CT molecular complexity index is 554. The molecule has 1 heterocycles. The van der Waals surface area contributed by atoms with E-state index in [0.717, 1.165) is 24.1 Å². The molecule has 0 aliphatic rings. The van der Waals surface area contributed by atoms with Gasteiger partial charge in [-0.15, -0.1) is 0 Å². The van der Waals surface area contributed by atoms with Crippen LogP contribution in [0.25, 0.3) is 0 Å². The van der Waals surface area contributed by atoms with Gasteiger partial charge in [0.1, 0.15) is 0 Å². The molecule has 0 aliphatic heterocycles. The first-order valence-corrected chi connectivity index (χ1v) is 8.24. The van der Waals surface area contributed by atoms with E-state index in [0.29, 0.717) is 11.4 Å². The summed E-state index contributed by atoms with van der Waals surface area (Å²) < 4.78 is 0. The van der Waals surface area contributed by atoms with Gasteiger partial charge in [-0.1, -0.05) is 23.7 Å². The zero-order valence-electron chi connectivity index (χ0n) is 11.9. The molecular weight excluding hydrogens is 304 g/mol. The molecule has 0 bridgehead atoms. The molecule has 1 atom stereocenters. The van der Waals surface area contributed by atoms with Gasteiger partial charge in [0.25, 0.3) is 0 Å². The molecule has 2 aromatic rings. The number of benzene rings is 1. The minimum absolute atomic E-state index is 0.0661. The Morgan fingerprint density at radius 1 is 1.24 bits per heavy atom. The summed E-state index contributed by atoms with van der Waals surface area (Å²) in [6, 6.07) is 9.54. The predicted molar refractivity (Wildman–Crippen MR) is 88.9 cm³/mol. The first-order chi connectivity index (χ1) is 10.2. The number of halogens is 1. The maximum atomic E-state index is 12.1. The van der Waals surface area contributed by atoms with Crippen LogP contribution in [0.15, 0.2) is 41.1 Å². The summed E-state index contributed by atoms with van der Waals surface area (Å²) in [5.74, 6) is 0.0661. The lowest BCUT2D eigenvalue weighted by molar-refractivity contribution is -0.121. The molecular formula is C16H19ClN2OS. The van der Waals surface area contributed by atoms with E-state index in [4.69, 9.17) is 11.6 Å². The second-order valence-electron chi connectivity index (χ2n) is 4.82. The van der Waals surface area contributed by atoms with Crippen molar-refractivity contribution in [3.8, 4) is 0 Å². The molecule has 0 saturated carbocycles. The average Bonchev–Trinajstić information content (AvgIpc) is 3.00. The molecule has 0 fully saturated rings. The van der Waals surface area contributed by atoms with Crippen LogP contribution in [0.5, 0.6) is 0 Å². The Balaban J connectivity index is 2.10. The molecule has 3 nitrogen and oxygen atoms in total. The van der Waals surface area contributed by atoms with Crippen LogP contribution in [-0.4, -0.2) is 19.5 Å². The third-order valence-electron chi connectivity index (χ3n) is 3.22. The molecule has 0 radical (unpaired) electrons. The van der Waals surface area contributed by atoms with Crippen LogP contribution in [0.4, 0.5) is 0 Å². The second kappa shape index (κ2) is 8.17. The van der Waals surface area contributed by atoms with Crippen LogP contribution in [0.3, 0.4) is 0 Å². The minimum atomic E-state index is -0.115. The van der Waals surface area contributed by atoms with Crippen LogP contribution < -0.4 is 10.6 Å². The van der Waals surface area contributed by atoms with E-state index < -0.39 is 0 Å².